The van der Waals surface area contributed by atoms with Crippen molar-refractivity contribution in [2.75, 3.05) is 18.2 Å². The van der Waals surface area contributed by atoms with E-state index in [4.69, 9.17) is 0 Å². The van der Waals surface area contributed by atoms with Crippen LogP contribution in [0.3, 0.4) is 0 Å². The van der Waals surface area contributed by atoms with Gasteiger partial charge < -0.3 is 15.7 Å². The molecule has 116 valence electrons. The van der Waals surface area contributed by atoms with E-state index in [9.17, 15) is 14.7 Å². The Kier molecular flexibility index (Phi) is 5.66. The summed E-state index contributed by atoms with van der Waals surface area (Å²) in [5.74, 6) is 0.0168. The summed E-state index contributed by atoms with van der Waals surface area (Å²) >= 11 is 2.79. The molecule has 0 aromatic carbocycles. The van der Waals surface area contributed by atoms with Gasteiger partial charge in [0, 0.05) is 17.2 Å². The molecule has 0 bridgehead atoms. The fourth-order valence-corrected chi connectivity index (χ4v) is 3.34. The van der Waals surface area contributed by atoms with Gasteiger partial charge in [-0.15, -0.1) is 11.3 Å². The van der Waals surface area contributed by atoms with E-state index in [-0.39, 0.29) is 35.6 Å². The SMILES string of the molecule is CSC(CO)C(C)NC(=O)c1ccc(NC(=O)C2CC2)s1. The van der Waals surface area contributed by atoms with Gasteiger partial charge in [-0.1, -0.05) is 0 Å². The molecule has 2 unspecified atom stereocenters. The molecule has 5 nitrogen and oxygen atoms in total. The maximum atomic E-state index is 12.1. The third-order valence-electron chi connectivity index (χ3n) is 3.42. The Balaban J connectivity index is 1.90. The van der Waals surface area contributed by atoms with Gasteiger partial charge in [0.25, 0.3) is 5.91 Å². The zero-order valence-corrected chi connectivity index (χ0v) is 13.7. The summed E-state index contributed by atoms with van der Waals surface area (Å²) in [4.78, 5) is 24.4. The summed E-state index contributed by atoms with van der Waals surface area (Å²) in [5, 5.41) is 15.6. The molecule has 21 heavy (non-hydrogen) atoms. The highest BCUT2D eigenvalue weighted by Gasteiger charge is 2.30. The van der Waals surface area contributed by atoms with Crippen molar-refractivity contribution in [2.45, 2.75) is 31.1 Å². The minimum atomic E-state index is -0.174. The lowest BCUT2D eigenvalue weighted by Gasteiger charge is -2.20. The molecular weight excluding hydrogens is 308 g/mol. The van der Waals surface area contributed by atoms with Gasteiger partial charge in [0.05, 0.1) is 16.5 Å². The van der Waals surface area contributed by atoms with Gasteiger partial charge in [0.1, 0.15) is 0 Å². The minimum Gasteiger partial charge on any atom is -0.395 e. The van der Waals surface area contributed by atoms with E-state index in [1.54, 1.807) is 12.1 Å². The molecule has 1 saturated carbocycles. The van der Waals surface area contributed by atoms with Crippen LogP contribution in [0.25, 0.3) is 0 Å². The van der Waals surface area contributed by atoms with E-state index < -0.39 is 0 Å². The Labute approximate surface area is 132 Å². The van der Waals surface area contributed by atoms with E-state index in [0.29, 0.717) is 9.88 Å². The summed E-state index contributed by atoms with van der Waals surface area (Å²) in [7, 11) is 0. The number of hydrogen-bond donors (Lipinski definition) is 3. The van der Waals surface area contributed by atoms with Crippen LogP contribution >= 0.6 is 23.1 Å². The standard InChI is InChI=1S/C14H20N2O3S2/c1-8(11(7-17)20-2)15-14(19)10-5-6-12(21-10)16-13(18)9-3-4-9/h5-6,8-9,11,17H,3-4,7H2,1-2H3,(H,15,19)(H,16,18). The molecule has 1 heterocycles. The van der Waals surface area contributed by atoms with Crippen molar-refractivity contribution in [3.63, 3.8) is 0 Å². The molecule has 1 aliphatic carbocycles. The van der Waals surface area contributed by atoms with Crippen molar-refractivity contribution in [1.29, 1.82) is 0 Å². The van der Waals surface area contributed by atoms with Crippen molar-refractivity contribution >= 4 is 39.9 Å². The van der Waals surface area contributed by atoms with Gasteiger partial charge in [-0.2, -0.15) is 11.8 Å². The topological polar surface area (TPSA) is 78.4 Å². The van der Waals surface area contributed by atoms with Crippen LogP contribution in [-0.4, -0.2) is 41.1 Å². The number of rotatable bonds is 7. The summed E-state index contributed by atoms with van der Waals surface area (Å²) in [6, 6.07) is 3.34. The van der Waals surface area contributed by atoms with Crippen LogP contribution in [0.2, 0.25) is 0 Å². The Morgan fingerprint density at radius 1 is 1.48 bits per heavy atom. The highest BCUT2D eigenvalue weighted by molar-refractivity contribution is 7.99. The van der Waals surface area contributed by atoms with Crippen LogP contribution in [0.4, 0.5) is 5.00 Å². The van der Waals surface area contributed by atoms with Crippen molar-refractivity contribution in [2.24, 2.45) is 5.92 Å². The first-order chi connectivity index (χ1) is 10.0. The third kappa shape index (κ3) is 4.46. The molecule has 3 N–H and O–H groups in total. The van der Waals surface area contributed by atoms with Crippen LogP contribution in [0.15, 0.2) is 12.1 Å². The summed E-state index contributed by atoms with van der Waals surface area (Å²) in [5.41, 5.74) is 0. The number of carbonyl (C=O) groups is 2. The Morgan fingerprint density at radius 3 is 2.76 bits per heavy atom. The number of hydrogen-bond acceptors (Lipinski definition) is 5. The second kappa shape index (κ2) is 7.29. The summed E-state index contributed by atoms with van der Waals surface area (Å²) in [6.07, 6.45) is 3.82. The van der Waals surface area contributed by atoms with Crippen LogP contribution < -0.4 is 10.6 Å². The lowest BCUT2D eigenvalue weighted by Crippen LogP contribution is -2.40. The molecule has 1 aliphatic rings. The molecule has 2 rings (SSSR count). The Morgan fingerprint density at radius 2 is 2.19 bits per heavy atom. The van der Waals surface area contributed by atoms with Crippen LogP contribution in [-0.2, 0) is 4.79 Å². The minimum absolute atomic E-state index is 0.0236. The molecule has 0 radical (unpaired) electrons. The number of nitrogens with one attached hydrogen (secondary N) is 2. The number of amides is 2. The number of thioether (sulfide) groups is 1. The molecule has 2 amide bonds. The fourth-order valence-electron chi connectivity index (χ4n) is 1.90. The lowest BCUT2D eigenvalue weighted by atomic mass is 10.2. The maximum Gasteiger partial charge on any atom is 0.261 e. The number of carbonyl (C=O) groups excluding carboxylic acids is 2. The number of aliphatic hydroxyl groups is 1. The van der Waals surface area contributed by atoms with E-state index in [2.05, 4.69) is 10.6 Å². The summed E-state index contributed by atoms with van der Waals surface area (Å²) in [6.45, 7) is 1.90. The molecule has 0 spiro atoms. The Hall–Kier alpha value is -1.05. The third-order valence-corrected chi connectivity index (χ3v) is 5.59. The zero-order chi connectivity index (χ0) is 15.4. The molecule has 1 aromatic rings. The highest BCUT2D eigenvalue weighted by Crippen LogP contribution is 2.31. The van der Waals surface area contributed by atoms with E-state index >= 15 is 0 Å². The predicted molar refractivity (Wildman–Crippen MR) is 87.0 cm³/mol. The van der Waals surface area contributed by atoms with Gasteiger partial charge in [0.15, 0.2) is 0 Å². The van der Waals surface area contributed by atoms with E-state index in [1.807, 2.05) is 13.2 Å². The van der Waals surface area contributed by atoms with E-state index in [1.165, 1.54) is 23.1 Å². The molecular formula is C14H20N2O3S2. The first-order valence-electron chi connectivity index (χ1n) is 6.90. The number of thiophene rings is 1. The van der Waals surface area contributed by atoms with Gasteiger partial charge in [-0.05, 0) is 38.2 Å². The first kappa shape index (κ1) is 16.3. The maximum absolute atomic E-state index is 12.1. The quantitative estimate of drug-likeness (QED) is 0.715. The lowest BCUT2D eigenvalue weighted by molar-refractivity contribution is -0.117. The smallest absolute Gasteiger partial charge is 0.261 e. The van der Waals surface area contributed by atoms with Gasteiger partial charge in [0.2, 0.25) is 5.91 Å². The van der Waals surface area contributed by atoms with Crippen LogP contribution in [0.1, 0.15) is 29.4 Å². The normalized spacial score (nSPS) is 17.1. The number of anilines is 1. The average molecular weight is 328 g/mol. The van der Waals surface area contributed by atoms with Crippen molar-refractivity contribution in [3.8, 4) is 0 Å². The van der Waals surface area contributed by atoms with Crippen molar-refractivity contribution < 1.29 is 14.7 Å². The second-order valence-electron chi connectivity index (χ2n) is 5.15. The predicted octanol–water partition coefficient (Wildman–Crippen LogP) is 1.94. The van der Waals surface area contributed by atoms with E-state index in [0.717, 1.165) is 12.8 Å². The van der Waals surface area contributed by atoms with Crippen LogP contribution in [0.5, 0.6) is 0 Å². The second-order valence-corrected chi connectivity index (χ2v) is 7.31. The van der Waals surface area contributed by atoms with Gasteiger partial charge in [-0.25, -0.2) is 0 Å². The molecule has 1 fully saturated rings. The van der Waals surface area contributed by atoms with Gasteiger partial charge >= 0.3 is 0 Å². The monoisotopic (exact) mass is 328 g/mol. The molecule has 7 heteroatoms. The molecule has 0 aliphatic heterocycles. The zero-order valence-electron chi connectivity index (χ0n) is 12.1. The molecule has 1 aromatic heterocycles. The Bertz CT molecular complexity index is 510. The van der Waals surface area contributed by atoms with Crippen LogP contribution in [0, 0.1) is 5.92 Å². The highest BCUT2D eigenvalue weighted by atomic mass is 32.2. The van der Waals surface area contributed by atoms with Crippen molar-refractivity contribution in [1.82, 2.24) is 5.32 Å². The largest absolute Gasteiger partial charge is 0.395 e. The first-order valence-corrected chi connectivity index (χ1v) is 9.00. The molecule has 0 saturated heterocycles. The molecule has 2 atom stereocenters. The summed E-state index contributed by atoms with van der Waals surface area (Å²) < 4.78 is 0. The van der Waals surface area contributed by atoms with Crippen molar-refractivity contribution in [3.05, 3.63) is 17.0 Å². The van der Waals surface area contributed by atoms with Gasteiger partial charge in [-0.3, -0.25) is 9.59 Å². The fraction of sp³-hybridized carbons (Fsp3) is 0.571. The number of aliphatic hydroxyl groups excluding tert-OH is 1. The average Bonchev–Trinajstić information content (AvgIpc) is 3.20.